The van der Waals surface area contributed by atoms with Crippen LogP contribution in [0.25, 0.3) is 11.3 Å². The van der Waals surface area contributed by atoms with E-state index in [1.165, 1.54) is 4.68 Å². The van der Waals surface area contributed by atoms with Crippen LogP contribution < -0.4 is 16.0 Å². The maximum Gasteiger partial charge on any atom is 0.271 e. The van der Waals surface area contributed by atoms with E-state index in [9.17, 15) is 4.79 Å². The zero-order valence-corrected chi connectivity index (χ0v) is 13.4. The molecule has 0 spiro atoms. The molecule has 0 amide bonds. The highest BCUT2D eigenvalue weighted by Gasteiger charge is 2.11. The summed E-state index contributed by atoms with van der Waals surface area (Å²) in [5.41, 5.74) is 7.93. The van der Waals surface area contributed by atoms with Crippen molar-refractivity contribution in [2.75, 3.05) is 6.61 Å². The lowest BCUT2D eigenvalue weighted by Crippen LogP contribution is -2.27. The maximum atomic E-state index is 12.0. The van der Waals surface area contributed by atoms with Gasteiger partial charge in [-0.05, 0) is 43.7 Å². The van der Waals surface area contributed by atoms with Gasteiger partial charge in [-0.1, -0.05) is 13.3 Å². The second-order valence-corrected chi connectivity index (χ2v) is 5.43. The second-order valence-electron chi connectivity index (χ2n) is 5.43. The van der Waals surface area contributed by atoms with Crippen molar-refractivity contribution >= 4 is 0 Å². The van der Waals surface area contributed by atoms with Crippen molar-refractivity contribution in [2.24, 2.45) is 12.8 Å². The molecule has 1 aromatic carbocycles. The fourth-order valence-corrected chi connectivity index (χ4v) is 2.16. The Morgan fingerprint density at radius 2 is 2.00 bits per heavy atom. The molecule has 1 unspecified atom stereocenters. The first kappa shape index (κ1) is 16.2. The van der Waals surface area contributed by atoms with Crippen LogP contribution in [0.5, 0.6) is 5.75 Å². The molecule has 0 fully saturated rings. The summed E-state index contributed by atoms with van der Waals surface area (Å²) in [5.74, 6) is 0.842. The van der Waals surface area contributed by atoms with Gasteiger partial charge in [-0.15, -0.1) is 0 Å². The Bertz CT molecular complexity index is 675. The van der Waals surface area contributed by atoms with Crippen LogP contribution in [0.3, 0.4) is 0 Å². The summed E-state index contributed by atoms with van der Waals surface area (Å²) in [7, 11) is 1.64. The summed E-state index contributed by atoms with van der Waals surface area (Å²) < 4.78 is 6.98. The molecule has 1 heterocycles. The Morgan fingerprint density at radius 1 is 1.32 bits per heavy atom. The van der Waals surface area contributed by atoms with Crippen LogP contribution in [-0.2, 0) is 7.05 Å². The van der Waals surface area contributed by atoms with Crippen molar-refractivity contribution in [3.8, 4) is 17.0 Å². The number of nitrogens with two attached hydrogens (primary N) is 1. The maximum absolute atomic E-state index is 12.0. The average Bonchev–Trinajstić information content (AvgIpc) is 2.50. The fourth-order valence-electron chi connectivity index (χ4n) is 2.16. The van der Waals surface area contributed by atoms with Gasteiger partial charge >= 0.3 is 0 Å². The summed E-state index contributed by atoms with van der Waals surface area (Å²) >= 11 is 0. The minimum Gasteiger partial charge on any atom is -0.494 e. The second kappa shape index (κ2) is 7.22. The van der Waals surface area contributed by atoms with Crippen molar-refractivity contribution in [3.63, 3.8) is 0 Å². The SMILES string of the molecule is CCCCOc1ccc(-c2cc(C(C)N)c(=O)n(C)n2)cc1. The van der Waals surface area contributed by atoms with E-state index in [4.69, 9.17) is 10.5 Å². The van der Waals surface area contributed by atoms with Crippen LogP contribution >= 0.6 is 0 Å². The van der Waals surface area contributed by atoms with Gasteiger partial charge in [0, 0.05) is 24.2 Å². The number of rotatable bonds is 6. The largest absolute Gasteiger partial charge is 0.494 e. The standard InChI is InChI=1S/C17H23N3O2/c1-4-5-10-22-14-8-6-13(7-9-14)16-11-15(12(2)18)17(21)20(3)19-16/h6-9,11-12H,4-5,10,18H2,1-3H3. The van der Waals surface area contributed by atoms with Crippen LogP contribution in [-0.4, -0.2) is 16.4 Å². The number of benzene rings is 1. The van der Waals surface area contributed by atoms with Gasteiger partial charge in [0.2, 0.25) is 0 Å². The van der Waals surface area contributed by atoms with Crippen molar-refractivity contribution in [1.82, 2.24) is 9.78 Å². The highest BCUT2D eigenvalue weighted by molar-refractivity contribution is 5.60. The molecule has 5 nitrogen and oxygen atoms in total. The van der Waals surface area contributed by atoms with E-state index in [1.807, 2.05) is 24.3 Å². The third-order valence-corrected chi connectivity index (χ3v) is 3.50. The molecule has 1 atom stereocenters. The first-order valence-corrected chi connectivity index (χ1v) is 7.60. The summed E-state index contributed by atoms with van der Waals surface area (Å²) in [4.78, 5) is 12.0. The first-order chi connectivity index (χ1) is 10.5. The van der Waals surface area contributed by atoms with Crippen molar-refractivity contribution in [1.29, 1.82) is 0 Å². The van der Waals surface area contributed by atoms with Gasteiger partial charge in [-0.3, -0.25) is 4.79 Å². The van der Waals surface area contributed by atoms with Gasteiger partial charge < -0.3 is 10.5 Å². The molecule has 2 N–H and O–H groups in total. The molecule has 0 aliphatic carbocycles. The van der Waals surface area contributed by atoms with E-state index < -0.39 is 0 Å². The number of hydrogen-bond donors (Lipinski definition) is 1. The van der Waals surface area contributed by atoms with Gasteiger partial charge in [-0.2, -0.15) is 5.10 Å². The molecule has 0 radical (unpaired) electrons. The summed E-state index contributed by atoms with van der Waals surface area (Å²) in [6.45, 7) is 4.65. The molecule has 118 valence electrons. The van der Waals surface area contributed by atoms with Gasteiger partial charge in [0.25, 0.3) is 5.56 Å². The lowest BCUT2D eigenvalue weighted by atomic mass is 10.1. The number of aromatic nitrogens is 2. The minimum atomic E-state index is -0.322. The van der Waals surface area contributed by atoms with E-state index >= 15 is 0 Å². The lowest BCUT2D eigenvalue weighted by Gasteiger charge is -2.10. The van der Waals surface area contributed by atoms with Gasteiger partial charge in [0.05, 0.1) is 12.3 Å². The first-order valence-electron chi connectivity index (χ1n) is 7.60. The number of hydrogen-bond acceptors (Lipinski definition) is 4. The lowest BCUT2D eigenvalue weighted by molar-refractivity contribution is 0.309. The Morgan fingerprint density at radius 3 is 2.59 bits per heavy atom. The minimum absolute atomic E-state index is 0.154. The summed E-state index contributed by atoms with van der Waals surface area (Å²) in [6, 6.07) is 9.17. The average molecular weight is 301 g/mol. The van der Waals surface area contributed by atoms with Crippen LogP contribution in [0.1, 0.15) is 38.3 Å². The number of unbranched alkanes of at least 4 members (excludes halogenated alkanes) is 1. The van der Waals surface area contributed by atoms with Gasteiger partial charge in [0.15, 0.2) is 0 Å². The van der Waals surface area contributed by atoms with Crippen molar-refractivity contribution in [2.45, 2.75) is 32.7 Å². The number of aryl methyl sites for hydroxylation is 1. The van der Waals surface area contributed by atoms with E-state index in [-0.39, 0.29) is 11.6 Å². The molecule has 2 aromatic rings. The smallest absolute Gasteiger partial charge is 0.271 e. The van der Waals surface area contributed by atoms with E-state index in [2.05, 4.69) is 12.0 Å². The Labute approximate surface area is 130 Å². The predicted octanol–water partition coefficient (Wildman–Crippen LogP) is 2.65. The zero-order chi connectivity index (χ0) is 16.1. The Hall–Kier alpha value is -2.14. The monoisotopic (exact) mass is 301 g/mol. The molecule has 0 aliphatic heterocycles. The highest BCUT2D eigenvalue weighted by atomic mass is 16.5. The summed E-state index contributed by atoms with van der Waals surface area (Å²) in [5, 5.41) is 4.30. The quantitative estimate of drug-likeness (QED) is 0.833. The van der Waals surface area contributed by atoms with Crippen LogP contribution in [0.4, 0.5) is 0 Å². The number of nitrogens with zero attached hydrogens (tertiary/aromatic N) is 2. The normalized spacial score (nSPS) is 12.2. The highest BCUT2D eigenvalue weighted by Crippen LogP contribution is 2.21. The Balaban J connectivity index is 2.26. The van der Waals surface area contributed by atoms with Gasteiger partial charge in [-0.25, -0.2) is 4.68 Å². The molecular weight excluding hydrogens is 278 g/mol. The van der Waals surface area contributed by atoms with Crippen molar-refractivity contribution < 1.29 is 4.74 Å². The van der Waals surface area contributed by atoms with Gasteiger partial charge in [0.1, 0.15) is 5.75 Å². The summed E-state index contributed by atoms with van der Waals surface area (Å²) in [6.07, 6.45) is 2.15. The van der Waals surface area contributed by atoms with Crippen LogP contribution in [0.15, 0.2) is 35.1 Å². The topological polar surface area (TPSA) is 70.1 Å². The third kappa shape index (κ3) is 3.74. The molecule has 1 aromatic heterocycles. The molecule has 0 saturated heterocycles. The zero-order valence-electron chi connectivity index (χ0n) is 13.4. The number of ether oxygens (including phenoxy) is 1. The van der Waals surface area contributed by atoms with E-state index in [0.717, 1.165) is 36.5 Å². The molecular formula is C17H23N3O2. The van der Waals surface area contributed by atoms with Crippen LogP contribution in [0, 0.1) is 0 Å². The molecule has 0 aliphatic rings. The molecule has 2 rings (SSSR count). The molecule has 0 bridgehead atoms. The molecule has 0 saturated carbocycles. The van der Waals surface area contributed by atoms with Crippen molar-refractivity contribution in [3.05, 3.63) is 46.2 Å². The predicted molar refractivity (Wildman–Crippen MR) is 87.9 cm³/mol. The molecule has 22 heavy (non-hydrogen) atoms. The Kier molecular flexibility index (Phi) is 5.33. The van der Waals surface area contributed by atoms with E-state index in [1.54, 1.807) is 20.0 Å². The molecule has 5 heteroatoms. The fraction of sp³-hybridized carbons (Fsp3) is 0.412. The third-order valence-electron chi connectivity index (χ3n) is 3.50. The van der Waals surface area contributed by atoms with E-state index in [0.29, 0.717) is 5.56 Å². The van der Waals surface area contributed by atoms with Crippen LogP contribution in [0.2, 0.25) is 0 Å².